The van der Waals surface area contributed by atoms with Crippen molar-refractivity contribution in [1.29, 1.82) is 0 Å². The summed E-state index contributed by atoms with van der Waals surface area (Å²) in [6.45, 7) is 3.96. The van der Waals surface area contributed by atoms with Crippen LogP contribution >= 0.6 is 0 Å². The minimum absolute atomic E-state index is 0.169. The maximum atomic E-state index is 5.77. The molecule has 3 heteroatoms. The van der Waals surface area contributed by atoms with Crippen LogP contribution in [-0.2, 0) is 6.42 Å². The molecule has 0 radical (unpaired) electrons. The fourth-order valence-electron chi connectivity index (χ4n) is 0.826. The molecule has 0 bridgehead atoms. The van der Waals surface area contributed by atoms with Crippen LogP contribution in [0.3, 0.4) is 0 Å². The SMILES string of the molecule is CC(C)(N)Cc1ncc[nH]1. The van der Waals surface area contributed by atoms with Gasteiger partial charge in [-0.15, -0.1) is 0 Å². The lowest BCUT2D eigenvalue weighted by molar-refractivity contribution is 0.504. The van der Waals surface area contributed by atoms with E-state index < -0.39 is 0 Å². The van der Waals surface area contributed by atoms with Crippen molar-refractivity contribution in [2.75, 3.05) is 0 Å². The van der Waals surface area contributed by atoms with Crippen LogP contribution in [0.5, 0.6) is 0 Å². The van der Waals surface area contributed by atoms with Gasteiger partial charge in [0.05, 0.1) is 0 Å². The fraction of sp³-hybridized carbons (Fsp3) is 0.571. The molecule has 0 saturated heterocycles. The van der Waals surface area contributed by atoms with Crippen LogP contribution in [-0.4, -0.2) is 15.5 Å². The minimum Gasteiger partial charge on any atom is -0.349 e. The van der Waals surface area contributed by atoms with Gasteiger partial charge in [0.15, 0.2) is 0 Å². The predicted molar refractivity (Wildman–Crippen MR) is 40.6 cm³/mol. The summed E-state index contributed by atoms with van der Waals surface area (Å²) < 4.78 is 0. The van der Waals surface area contributed by atoms with Gasteiger partial charge >= 0.3 is 0 Å². The normalized spacial score (nSPS) is 11.9. The Morgan fingerprint density at radius 2 is 2.40 bits per heavy atom. The second-order valence-corrected chi connectivity index (χ2v) is 3.20. The molecule has 0 aliphatic heterocycles. The summed E-state index contributed by atoms with van der Waals surface area (Å²) in [5.41, 5.74) is 5.60. The first-order valence-corrected chi connectivity index (χ1v) is 3.35. The first kappa shape index (κ1) is 7.28. The van der Waals surface area contributed by atoms with Crippen LogP contribution in [0.2, 0.25) is 0 Å². The topological polar surface area (TPSA) is 54.7 Å². The van der Waals surface area contributed by atoms with Crippen molar-refractivity contribution < 1.29 is 0 Å². The van der Waals surface area contributed by atoms with Gasteiger partial charge in [0, 0.05) is 24.4 Å². The molecule has 3 N–H and O–H groups in total. The molecule has 1 aromatic rings. The number of hydrogen-bond donors (Lipinski definition) is 2. The number of H-pyrrole nitrogens is 1. The molecule has 1 heterocycles. The number of rotatable bonds is 2. The van der Waals surface area contributed by atoms with Crippen molar-refractivity contribution in [1.82, 2.24) is 9.97 Å². The zero-order chi connectivity index (χ0) is 7.61. The minimum atomic E-state index is -0.169. The molecule has 0 spiro atoms. The summed E-state index contributed by atoms with van der Waals surface area (Å²) in [4.78, 5) is 7.07. The van der Waals surface area contributed by atoms with Gasteiger partial charge in [-0.25, -0.2) is 4.98 Å². The van der Waals surface area contributed by atoms with Crippen molar-refractivity contribution in [3.05, 3.63) is 18.2 Å². The van der Waals surface area contributed by atoms with Gasteiger partial charge in [-0.05, 0) is 13.8 Å². The molecular formula is C7H13N3. The summed E-state index contributed by atoms with van der Waals surface area (Å²) in [6, 6.07) is 0. The van der Waals surface area contributed by atoms with E-state index in [9.17, 15) is 0 Å². The number of nitrogens with two attached hydrogens (primary N) is 1. The Hall–Kier alpha value is -0.830. The van der Waals surface area contributed by atoms with Gasteiger partial charge in [0.2, 0.25) is 0 Å². The van der Waals surface area contributed by atoms with Gasteiger partial charge in [0.1, 0.15) is 5.82 Å². The van der Waals surface area contributed by atoms with E-state index in [2.05, 4.69) is 9.97 Å². The molecular weight excluding hydrogens is 126 g/mol. The number of nitrogens with zero attached hydrogens (tertiary/aromatic N) is 1. The fourth-order valence-corrected chi connectivity index (χ4v) is 0.826. The standard InChI is InChI=1S/C7H13N3/c1-7(2,8)5-6-9-3-4-10-6/h3-4H,5,8H2,1-2H3,(H,9,10). The van der Waals surface area contributed by atoms with Crippen LogP contribution in [0.4, 0.5) is 0 Å². The van der Waals surface area contributed by atoms with Crippen molar-refractivity contribution in [3.63, 3.8) is 0 Å². The van der Waals surface area contributed by atoms with E-state index in [4.69, 9.17) is 5.73 Å². The summed E-state index contributed by atoms with van der Waals surface area (Å²) >= 11 is 0. The maximum absolute atomic E-state index is 5.77. The molecule has 56 valence electrons. The summed E-state index contributed by atoms with van der Waals surface area (Å²) in [5, 5.41) is 0. The van der Waals surface area contributed by atoms with Gasteiger partial charge in [-0.2, -0.15) is 0 Å². The van der Waals surface area contributed by atoms with E-state index in [0.29, 0.717) is 0 Å². The highest BCUT2D eigenvalue weighted by Gasteiger charge is 2.12. The molecule has 0 fully saturated rings. The second kappa shape index (κ2) is 2.42. The number of aromatic amines is 1. The highest BCUT2D eigenvalue weighted by Crippen LogP contribution is 2.03. The lowest BCUT2D eigenvalue weighted by Crippen LogP contribution is -2.34. The van der Waals surface area contributed by atoms with Crippen LogP contribution in [0.15, 0.2) is 12.4 Å². The molecule has 0 atom stereocenters. The molecule has 3 nitrogen and oxygen atoms in total. The Labute approximate surface area is 60.7 Å². The van der Waals surface area contributed by atoms with Gasteiger partial charge < -0.3 is 10.7 Å². The molecule has 0 unspecified atom stereocenters. The zero-order valence-corrected chi connectivity index (χ0v) is 6.39. The largest absolute Gasteiger partial charge is 0.349 e. The predicted octanol–water partition coefficient (Wildman–Crippen LogP) is 0.690. The molecule has 1 aromatic heterocycles. The summed E-state index contributed by atoms with van der Waals surface area (Å²) in [7, 11) is 0. The van der Waals surface area contributed by atoms with Gasteiger partial charge in [-0.3, -0.25) is 0 Å². The first-order chi connectivity index (χ1) is 4.58. The Bertz CT molecular complexity index is 183. The average Bonchev–Trinajstić information content (AvgIpc) is 2.12. The van der Waals surface area contributed by atoms with Crippen molar-refractivity contribution in [3.8, 4) is 0 Å². The van der Waals surface area contributed by atoms with Gasteiger partial charge in [-0.1, -0.05) is 0 Å². The quantitative estimate of drug-likeness (QED) is 0.633. The number of nitrogens with one attached hydrogen (secondary N) is 1. The number of imidazole rings is 1. The Kier molecular flexibility index (Phi) is 1.76. The highest BCUT2D eigenvalue weighted by molar-refractivity contribution is 4.93. The van der Waals surface area contributed by atoms with E-state index in [0.717, 1.165) is 12.2 Å². The smallest absolute Gasteiger partial charge is 0.107 e. The van der Waals surface area contributed by atoms with Crippen molar-refractivity contribution >= 4 is 0 Å². The van der Waals surface area contributed by atoms with E-state index in [1.165, 1.54) is 0 Å². The lowest BCUT2D eigenvalue weighted by atomic mass is 10.0. The zero-order valence-electron chi connectivity index (χ0n) is 6.39. The van der Waals surface area contributed by atoms with Crippen LogP contribution in [0.25, 0.3) is 0 Å². The van der Waals surface area contributed by atoms with E-state index in [1.54, 1.807) is 12.4 Å². The molecule has 0 aliphatic carbocycles. The van der Waals surface area contributed by atoms with Gasteiger partial charge in [0.25, 0.3) is 0 Å². The van der Waals surface area contributed by atoms with E-state index in [1.807, 2.05) is 13.8 Å². The average molecular weight is 139 g/mol. The van der Waals surface area contributed by atoms with Crippen LogP contribution in [0.1, 0.15) is 19.7 Å². The highest BCUT2D eigenvalue weighted by atomic mass is 14.9. The lowest BCUT2D eigenvalue weighted by Gasteiger charge is -2.15. The molecule has 0 aliphatic rings. The molecule has 0 amide bonds. The van der Waals surface area contributed by atoms with Crippen LogP contribution in [0, 0.1) is 0 Å². The number of aromatic nitrogens is 2. The summed E-state index contributed by atoms with van der Waals surface area (Å²) in [5.74, 6) is 0.951. The third-order valence-corrected chi connectivity index (χ3v) is 1.18. The van der Waals surface area contributed by atoms with Crippen molar-refractivity contribution in [2.45, 2.75) is 25.8 Å². The first-order valence-electron chi connectivity index (χ1n) is 3.35. The van der Waals surface area contributed by atoms with Crippen molar-refractivity contribution in [2.24, 2.45) is 5.73 Å². The Balaban J connectivity index is 2.57. The molecule has 0 aromatic carbocycles. The number of hydrogen-bond acceptors (Lipinski definition) is 2. The summed E-state index contributed by atoms with van der Waals surface area (Å²) in [6.07, 6.45) is 4.34. The van der Waals surface area contributed by atoms with E-state index >= 15 is 0 Å². The monoisotopic (exact) mass is 139 g/mol. The Morgan fingerprint density at radius 3 is 2.80 bits per heavy atom. The third kappa shape index (κ3) is 2.19. The van der Waals surface area contributed by atoms with E-state index in [-0.39, 0.29) is 5.54 Å². The molecule has 0 saturated carbocycles. The third-order valence-electron chi connectivity index (χ3n) is 1.18. The molecule has 1 rings (SSSR count). The van der Waals surface area contributed by atoms with Crippen LogP contribution < -0.4 is 5.73 Å². The second-order valence-electron chi connectivity index (χ2n) is 3.20. The molecule has 10 heavy (non-hydrogen) atoms. The Morgan fingerprint density at radius 1 is 1.70 bits per heavy atom. The maximum Gasteiger partial charge on any atom is 0.107 e.